The molecule has 1 heterocycles. The minimum Gasteiger partial charge on any atom is -0.399 e. The van der Waals surface area contributed by atoms with Crippen molar-refractivity contribution in [2.24, 2.45) is 7.05 Å². The van der Waals surface area contributed by atoms with E-state index in [9.17, 15) is 9.59 Å². The zero-order valence-corrected chi connectivity index (χ0v) is 12.2. The fourth-order valence-corrected chi connectivity index (χ4v) is 2.10. The zero-order chi connectivity index (χ0) is 15.4. The third kappa shape index (κ3) is 3.31. The van der Waals surface area contributed by atoms with Crippen molar-refractivity contribution in [2.75, 3.05) is 17.2 Å². The van der Waals surface area contributed by atoms with Gasteiger partial charge >= 0.3 is 0 Å². The van der Waals surface area contributed by atoms with Gasteiger partial charge in [0.25, 0.3) is 11.5 Å². The summed E-state index contributed by atoms with van der Waals surface area (Å²) in [6.07, 6.45) is 2.41. The van der Waals surface area contributed by atoms with Crippen LogP contribution in [-0.4, -0.2) is 17.0 Å². The highest BCUT2D eigenvalue weighted by atomic mass is 16.2. The van der Waals surface area contributed by atoms with E-state index in [4.69, 9.17) is 5.73 Å². The van der Waals surface area contributed by atoms with Crippen molar-refractivity contribution < 1.29 is 4.79 Å². The van der Waals surface area contributed by atoms with E-state index >= 15 is 0 Å². The topological polar surface area (TPSA) is 68.3 Å². The fourth-order valence-electron chi connectivity index (χ4n) is 2.10. The quantitative estimate of drug-likeness (QED) is 0.874. The molecule has 0 saturated carbocycles. The molecule has 0 radical (unpaired) electrons. The third-order valence-corrected chi connectivity index (χ3v) is 3.23. The van der Waals surface area contributed by atoms with Gasteiger partial charge in [0.1, 0.15) is 0 Å². The lowest BCUT2D eigenvalue weighted by Gasteiger charge is -2.22. The lowest BCUT2D eigenvalue weighted by Crippen LogP contribution is -2.32. The van der Waals surface area contributed by atoms with Gasteiger partial charge in [-0.25, -0.2) is 0 Å². The standard InChI is InChI=1S/C16H19N3O2/c1-3-8-19(14-6-4-5-13(17)11-14)16(21)12-7-9-18(2)15(20)10-12/h4-7,9-11H,3,8,17H2,1-2H3. The monoisotopic (exact) mass is 285 g/mol. The van der Waals surface area contributed by atoms with Crippen molar-refractivity contribution in [1.29, 1.82) is 0 Å². The molecular formula is C16H19N3O2. The predicted octanol–water partition coefficient (Wildman–Crippen LogP) is 2.02. The molecule has 5 nitrogen and oxygen atoms in total. The highest BCUT2D eigenvalue weighted by Crippen LogP contribution is 2.20. The summed E-state index contributed by atoms with van der Waals surface area (Å²) in [5.41, 5.74) is 7.30. The second kappa shape index (κ2) is 6.26. The molecule has 1 aromatic carbocycles. The summed E-state index contributed by atoms with van der Waals surface area (Å²) in [5.74, 6) is -0.194. The maximum absolute atomic E-state index is 12.6. The van der Waals surface area contributed by atoms with Gasteiger partial charge in [-0.3, -0.25) is 9.59 Å². The number of carbonyl (C=O) groups is 1. The molecule has 0 aliphatic rings. The average molecular weight is 285 g/mol. The van der Waals surface area contributed by atoms with E-state index < -0.39 is 0 Å². The summed E-state index contributed by atoms with van der Waals surface area (Å²) in [7, 11) is 1.65. The first kappa shape index (κ1) is 14.8. The molecule has 2 N–H and O–H groups in total. The maximum Gasteiger partial charge on any atom is 0.258 e. The number of benzene rings is 1. The Kier molecular flexibility index (Phi) is 4.42. The number of rotatable bonds is 4. The molecule has 0 unspecified atom stereocenters. The summed E-state index contributed by atoms with van der Waals surface area (Å²) in [6.45, 7) is 2.56. The van der Waals surface area contributed by atoms with Gasteiger partial charge in [0.2, 0.25) is 0 Å². The average Bonchev–Trinajstić information content (AvgIpc) is 2.47. The number of amides is 1. The normalized spacial score (nSPS) is 10.4. The molecule has 0 saturated heterocycles. The second-order valence-electron chi connectivity index (χ2n) is 4.92. The number of carbonyl (C=O) groups excluding carboxylic acids is 1. The first-order chi connectivity index (χ1) is 10.0. The van der Waals surface area contributed by atoms with Crippen LogP contribution >= 0.6 is 0 Å². The Morgan fingerprint density at radius 3 is 2.67 bits per heavy atom. The minimum atomic E-state index is -0.204. The smallest absolute Gasteiger partial charge is 0.258 e. The van der Waals surface area contributed by atoms with Gasteiger partial charge in [0.15, 0.2) is 0 Å². The summed E-state index contributed by atoms with van der Waals surface area (Å²) in [5, 5.41) is 0. The number of aryl methyl sites for hydroxylation is 1. The molecule has 1 amide bonds. The summed E-state index contributed by atoms with van der Waals surface area (Å²) in [6, 6.07) is 10.2. The van der Waals surface area contributed by atoms with Crippen LogP contribution in [0.15, 0.2) is 47.4 Å². The Hall–Kier alpha value is -2.56. The number of pyridine rings is 1. The van der Waals surface area contributed by atoms with E-state index in [2.05, 4.69) is 0 Å². The number of nitrogens with zero attached hydrogens (tertiary/aromatic N) is 2. The van der Waals surface area contributed by atoms with E-state index in [1.165, 1.54) is 10.6 Å². The van der Waals surface area contributed by atoms with E-state index in [0.29, 0.717) is 17.8 Å². The van der Waals surface area contributed by atoms with Gasteiger partial charge in [-0.1, -0.05) is 13.0 Å². The molecule has 5 heteroatoms. The zero-order valence-electron chi connectivity index (χ0n) is 12.2. The molecular weight excluding hydrogens is 266 g/mol. The summed E-state index contributed by atoms with van der Waals surface area (Å²) < 4.78 is 1.43. The molecule has 0 spiro atoms. The first-order valence-corrected chi connectivity index (χ1v) is 6.87. The van der Waals surface area contributed by atoms with Crippen LogP contribution in [0.2, 0.25) is 0 Å². The van der Waals surface area contributed by atoms with Crippen LogP contribution in [0, 0.1) is 0 Å². The molecule has 0 fully saturated rings. The highest BCUT2D eigenvalue weighted by molar-refractivity contribution is 6.06. The summed E-state index contributed by atoms with van der Waals surface area (Å²) >= 11 is 0. The highest BCUT2D eigenvalue weighted by Gasteiger charge is 2.17. The molecule has 2 aromatic rings. The first-order valence-electron chi connectivity index (χ1n) is 6.87. The van der Waals surface area contributed by atoms with Crippen LogP contribution in [0.5, 0.6) is 0 Å². The van der Waals surface area contributed by atoms with Crippen LogP contribution in [0.3, 0.4) is 0 Å². The molecule has 2 rings (SSSR count). The van der Waals surface area contributed by atoms with Crippen molar-refractivity contribution >= 4 is 17.3 Å². The van der Waals surface area contributed by atoms with Crippen LogP contribution in [0.4, 0.5) is 11.4 Å². The number of nitrogens with two attached hydrogens (primary N) is 1. The number of nitrogen functional groups attached to an aromatic ring is 1. The Morgan fingerprint density at radius 1 is 1.29 bits per heavy atom. The summed E-state index contributed by atoms with van der Waals surface area (Å²) in [4.78, 5) is 26.0. The van der Waals surface area contributed by atoms with Gasteiger partial charge in [0, 0.05) is 42.8 Å². The van der Waals surface area contributed by atoms with Gasteiger partial charge in [-0.2, -0.15) is 0 Å². The van der Waals surface area contributed by atoms with E-state index in [0.717, 1.165) is 12.1 Å². The van der Waals surface area contributed by atoms with Crippen molar-refractivity contribution in [1.82, 2.24) is 4.57 Å². The number of aromatic nitrogens is 1. The molecule has 0 bridgehead atoms. The number of hydrogen-bond donors (Lipinski definition) is 1. The maximum atomic E-state index is 12.6. The second-order valence-corrected chi connectivity index (χ2v) is 4.92. The van der Waals surface area contributed by atoms with Crippen molar-refractivity contribution in [3.63, 3.8) is 0 Å². The Morgan fingerprint density at radius 2 is 2.05 bits per heavy atom. The van der Waals surface area contributed by atoms with Crippen LogP contribution in [0.1, 0.15) is 23.7 Å². The van der Waals surface area contributed by atoms with Crippen molar-refractivity contribution in [3.8, 4) is 0 Å². The van der Waals surface area contributed by atoms with Crippen molar-refractivity contribution in [3.05, 3.63) is 58.5 Å². The lowest BCUT2D eigenvalue weighted by molar-refractivity contribution is 0.0986. The van der Waals surface area contributed by atoms with Gasteiger partial charge in [0.05, 0.1) is 0 Å². The lowest BCUT2D eigenvalue weighted by atomic mass is 10.2. The van der Waals surface area contributed by atoms with E-state index in [1.54, 1.807) is 36.3 Å². The van der Waals surface area contributed by atoms with Gasteiger partial charge < -0.3 is 15.2 Å². The SMILES string of the molecule is CCCN(C(=O)c1ccn(C)c(=O)c1)c1cccc(N)c1. The third-order valence-electron chi connectivity index (χ3n) is 3.23. The van der Waals surface area contributed by atoms with Crippen LogP contribution < -0.4 is 16.2 Å². The van der Waals surface area contributed by atoms with Gasteiger partial charge in [-0.05, 0) is 30.7 Å². The molecule has 1 aromatic heterocycles. The number of anilines is 2. The number of hydrogen-bond acceptors (Lipinski definition) is 3. The van der Waals surface area contributed by atoms with Crippen LogP contribution in [0.25, 0.3) is 0 Å². The Balaban J connectivity index is 2.39. The largest absolute Gasteiger partial charge is 0.399 e. The molecule has 0 atom stereocenters. The Labute approximate surface area is 123 Å². The van der Waals surface area contributed by atoms with Crippen molar-refractivity contribution in [2.45, 2.75) is 13.3 Å². The van der Waals surface area contributed by atoms with E-state index in [1.807, 2.05) is 19.1 Å². The minimum absolute atomic E-state index is 0.194. The Bertz CT molecular complexity index is 707. The van der Waals surface area contributed by atoms with Gasteiger partial charge in [-0.15, -0.1) is 0 Å². The van der Waals surface area contributed by atoms with Crippen LogP contribution in [-0.2, 0) is 7.05 Å². The van der Waals surface area contributed by atoms with E-state index in [-0.39, 0.29) is 11.5 Å². The molecule has 0 aliphatic heterocycles. The fraction of sp³-hybridized carbons (Fsp3) is 0.250. The molecule has 21 heavy (non-hydrogen) atoms. The molecule has 110 valence electrons. The molecule has 0 aliphatic carbocycles. The predicted molar refractivity (Wildman–Crippen MR) is 84.5 cm³/mol.